The van der Waals surface area contributed by atoms with E-state index in [2.05, 4.69) is 37.4 Å². The summed E-state index contributed by atoms with van der Waals surface area (Å²) in [6, 6.07) is 10.3. The van der Waals surface area contributed by atoms with Crippen LogP contribution in [0.3, 0.4) is 0 Å². The van der Waals surface area contributed by atoms with Gasteiger partial charge in [-0.25, -0.2) is 8.78 Å². The van der Waals surface area contributed by atoms with Gasteiger partial charge in [0.15, 0.2) is 0 Å². The fraction of sp³-hybridized carbons (Fsp3) is 0.538. The van der Waals surface area contributed by atoms with Crippen molar-refractivity contribution in [2.24, 2.45) is 5.92 Å². The zero-order chi connectivity index (χ0) is 21.3. The average molecular weight is 416 g/mol. The van der Waals surface area contributed by atoms with Crippen molar-refractivity contribution in [1.82, 2.24) is 5.32 Å². The lowest BCUT2D eigenvalue weighted by atomic mass is 9.89. The van der Waals surface area contributed by atoms with E-state index in [9.17, 15) is 8.78 Å². The summed E-state index contributed by atoms with van der Waals surface area (Å²) in [5.41, 5.74) is 3.82. The monoisotopic (exact) mass is 415 g/mol. The Bertz CT molecular complexity index is 761. The highest BCUT2D eigenvalue weighted by Crippen LogP contribution is 2.26. The van der Waals surface area contributed by atoms with E-state index in [-0.39, 0.29) is 11.7 Å². The predicted octanol–water partition coefficient (Wildman–Crippen LogP) is 6.44. The zero-order valence-corrected chi connectivity index (χ0v) is 18.4. The van der Waals surface area contributed by atoms with E-state index in [1.165, 1.54) is 67.0 Å². The molecule has 1 aliphatic rings. The zero-order valence-electron chi connectivity index (χ0n) is 18.4. The van der Waals surface area contributed by atoms with Crippen molar-refractivity contribution in [3.05, 3.63) is 70.3 Å². The lowest BCUT2D eigenvalue weighted by Crippen LogP contribution is -2.30. The summed E-state index contributed by atoms with van der Waals surface area (Å²) in [5, 5.41) is 3.64. The molecule has 3 rings (SSSR count). The lowest BCUT2D eigenvalue weighted by Gasteiger charge is -2.26. The molecule has 1 saturated carbocycles. The molecule has 0 heterocycles. The van der Waals surface area contributed by atoms with Crippen molar-refractivity contribution in [3.8, 4) is 0 Å². The highest BCUT2D eigenvalue weighted by molar-refractivity contribution is 5.35. The normalized spacial score (nSPS) is 16.0. The fourth-order valence-corrected chi connectivity index (χ4v) is 4.64. The van der Waals surface area contributed by atoms with Gasteiger partial charge in [0, 0.05) is 18.7 Å². The minimum absolute atomic E-state index is 0.0553. The van der Waals surface area contributed by atoms with Crippen LogP contribution < -0.4 is 5.32 Å². The second-order valence-corrected chi connectivity index (χ2v) is 8.63. The van der Waals surface area contributed by atoms with E-state index in [0.717, 1.165) is 19.0 Å². The minimum Gasteiger partial charge on any atom is -0.372 e. The molecule has 2 aromatic rings. The number of nitrogens with one attached hydrogen (secondary N) is 1. The summed E-state index contributed by atoms with van der Waals surface area (Å²) in [6.45, 7) is 6.50. The van der Waals surface area contributed by atoms with Gasteiger partial charge in [-0.1, -0.05) is 43.5 Å². The van der Waals surface area contributed by atoms with Crippen molar-refractivity contribution in [1.29, 1.82) is 0 Å². The summed E-state index contributed by atoms with van der Waals surface area (Å²) in [7, 11) is 0. The molecular formula is C26H35F2NO. The van der Waals surface area contributed by atoms with Crippen molar-refractivity contribution < 1.29 is 13.5 Å². The molecule has 164 valence electrons. The first-order chi connectivity index (χ1) is 14.6. The third kappa shape index (κ3) is 6.36. The van der Waals surface area contributed by atoms with Gasteiger partial charge in [-0.3, -0.25) is 0 Å². The third-order valence-corrected chi connectivity index (χ3v) is 6.30. The standard InChI is InChI=1S/C26H35F2NO/c1-19-9-6-10-20(2)26(19)25(18-29-17-21-11-4-3-5-12-21)30-16-8-13-22-23(27)14-7-15-24(22)28/h6-7,9-10,14-15,21,25,29H,3-5,8,11-13,16-18H2,1-2H3. The molecule has 4 heteroatoms. The first-order valence-electron chi connectivity index (χ1n) is 11.4. The molecular weight excluding hydrogens is 380 g/mol. The molecule has 2 aromatic carbocycles. The third-order valence-electron chi connectivity index (χ3n) is 6.30. The van der Waals surface area contributed by atoms with Crippen molar-refractivity contribution in [3.63, 3.8) is 0 Å². The predicted molar refractivity (Wildman–Crippen MR) is 119 cm³/mol. The molecule has 0 aromatic heterocycles. The molecule has 0 bridgehead atoms. The fourth-order valence-electron chi connectivity index (χ4n) is 4.64. The van der Waals surface area contributed by atoms with E-state index in [1.54, 1.807) is 0 Å². The van der Waals surface area contributed by atoms with Gasteiger partial charge in [0.25, 0.3) is 0 Å². The highest BCUT2D eigenvalue weighted by atomic mass is 19.1. The quantitative estimate of drug-likeness (QED) is 0.451. The molecule has 1 N–H and O–H groups in total. The molecule has 0 saturated heterocycles. The summed E-state index contributed by atoms with van der Waals surface area (Å²) < 4.78 is 34.0. The van der Waals surface area contributed by atoms with Crippen molar-refractivity contribution in [2.75, 3.05) is 19.7 Å². The summed E-state index contributed by atoms with van der Waals surface area (Å²) in [5.74, 6) is -0.188. The van der Waals surface area contributed by atoms with Gasteiger partial charge in [-0.2, -0.15) is 0 Å². The first kappa shape index (κ1) is 22.9. The van der Waals surface area contributed by atoms with E-state index >= 15 is 0 Å². The van der Waals surface area contributed by atoms with Gasteiger partial charge in [0.1, 0.15) is 11.6 Å². The number of hydrogen-bond donors (Lipinski definition) is 1. The molecule has 0 amide bonds. The number of hydrogen-bond acceptors (Lipinski definition) is 2. The topological polar surface area (TPSA) is 21.3 Å². The van der Waals surface area contributed by atoms with E-state index in [1.807, 2.05) is 0 Å². The molecule has 2 nitrogen and oxygen atoms in total. The number of rotatable bonds is 10. The summed E-state index contributed by atoms with van der Waals surface area (Å²) in [6.07, 6.45) is 7.56. The molecule has 0 spiro atoms. The van der Waals surface area contributed by atoms with Gasteiger partial charge < -0.3 is 10.1 Å². The highest BCUT2D eigenvalue weighted by Gasteiger charge is 2.19. The van der Waals surface area contributed by atoms with Gasteiger partial charge in [-0.15, -0.1) is 0 Å². The molecule has 0 radical (unpaired) electrons. The average Bonchev–Trinajstić information content (AvgIpc) is 2.73. The Morgan fingerprint density at radius 3 is 2.27 bits per heavy atom. The molecule has 1 aliphatic carbocycles. The van der Waals surface area contributed by atoms with Gasteiger partial charge >= 0.3 is 0 Å². The van der Waals surface area contributed by atoms with E-state index < -0.39 is 11.6 Å². The van der Waals surface area contributed by atoms with Crippen molar-refractivity contribution in [2.45, 2.75) is 64.9 Å². The van der Waals surface area contributed by atoms with Crippen LogP contribution in [-0.2, 0) is 11.2 Å². The van der Waals surface area contributed by atoms with Crippen LogP contribution in [0.1, 0.15) is 66.9 Å². The second kappa shape index (κ2) is 11.6. The number of ether oxygens (including phenoxy) is 1. The van der Waals surface area contributed by atoms with Crippen LogP contribution in [0.2, 0.25) is 0 Å². The second-order valence-electron chi connectivity index (χ2n) is 8.63. The smallest absolute Gasteiger partial charge is 0.129 e. The van der Waals surface area contributed by atoms with Gasteiger partial charge in [0.2, 0.25) is 0 Å². The minimum atomic E-state index is -0.476. The number of benzene rings is 2. The van der Waals surface area contributed by atoms with Crippen LogP contribution in [0.15, 0.2) is 36.4 Å². The summed E-state index contributed by atoms with van der Waals surface area (Å²) in [4.78, 5) is 0. The van der Waals surface area contributed by atoms with E-state index in [0.29, 0.717) is 19.4 Å². The first-order valence-corrected chi connectivity index (χ1v) is 11.4. The largest absolute Gasteiger partial charge is 0.372 e. The Balaban J connectivity index is 1.58. The Morgan fingerprint density at radius 2 is 1.60 bits per heavy atom. The van der Waals surface area contributed by atoms with E-state index in [4.69, 9.17) is 4.74 Å². The van der Waals surface area contributed by atoms with Gasteiger partial charge in [0.05, 0.1) is 6.10 Å². The Hall–Kier alpha value is -1.78. The van der Waals surface area contributed by atoms with Crippen LogP contribution in [0, 0.1) is 31.4 Å². The maximum absolute atomic E-state index is 13.9. The van der Waals surface area contributed by atoms with Crippen LogP contribution in [0.25, 0.3) is 0 Å². The summed E-state index contributed by atoms with van der Waals surface area (Å²) >= 11 is 0. The molecule has 1 unspecified atom stereocenters. The molecule has 0 aliphatic heterocycles. The maximum atomic E-state index is 13.9. The molecule has 30 heavy (non-hydrogen) atoms. The number of halogens is 2. The van der Waals surface area contributed by atoms with Crippen LogP contribution in [0.5, 0.6) is 0 Å². The Kier molecular flexibility index (Phi) is 8.83. The van der Waals surface area contributed by atoms with Crippen molar-refractivity contribution >= 4 is 0 Å². The molecule has 1 atom stereocenters. The lowest BCUT2D eigenvalue weighted by molar-refractivity contribution is 0.0492. The van der Waals surface area contributed by atoms with Crippen LogP contribution in [-0.4, -0.2) is 19.7 Å². The maximum Gasteiger partial charge on any atom is 0.129 e. The van der Waals surface area contributed by atoms with Crippen LogP contribution in [0.4, 0.5) is 8.78 Å². The van der Waals surface area contributed by atoms with Crippen LogP contribution >= 0.6 is 0 Å². The Morgan fingerprint density at radius 1 is 0.967 bits per heavy atom. The number of aryl methyl sites for hydroxylation is 2. The SMILES string of the molecule is Cc1cccc(C)c1C(CNCC1CCCCC1)OCCCc1c(F)cccc1F. The Labute approximate surface area is 180 Å². The molecule has 1 fully saturated rings. The van der Waals surface area contributed by atoms with Gasteiger partial charge in [-0.05, 0) is 80.8 Å².